The minimum atomic E-state index is 0.183. The van der Waals surface area contributed by atoms with Gasteiger partial charge in [0.25, 0.3) is 0 Å². The van der Waals surface area contributed by atoms with Crippen LogP contribution in [-0.4, -0.2) is 83.4 Å². The van der Waals surface area contributed by atoms with Crippen LogP contribution in [0.2, 0.25) is 5.02 Å². The topological polar surface area (TPSA) is 80.7 Å². The highest BCUT2D eigenvalue weighted by Crippen LogP contribution is 2.39. The van der Waals surface area contributed by atoms with Gasteiger partial charge in [-0.2, -0.15) is 9.97 Å². The Hall–Kier alpha value is -3.20. The molecule has 190 valence electrons. The van der Waals surface area contributed by atoms with Gasteiger partial charge < -0.3 is 25.1 Å². The number of rotatable bonds is 4. The molecule has 5 heterocycles. The van der Waals surface area contributed by atoms with E-state index in [-0.39, 0.29) is 5.75 Å². The second kappa shape index (κ2) is 8.68. The van der Waals surface area contributed by atoms with E-state index >= 15 is 0 Å². The predicted octanol–water partition coefficient (Wildman–Crippen LogP) is 3.89. The van der Waals surface area contributed by atoms with Crippen molar-refractivity contribution in [1.82, 2.24) is 25.2 Å². The Morgan fingerprint density at radius 2 is 1.68 bits per heavy atom. The average Bonchev–Trinajstić information content (AvgIpc) is 3.19. The van der Waals surface area contributed by atoms with Crippen molar-refractivity contribution >= 4 is 45.2 Å². The molecular weight excluding hydrogens is 486 g/mol. The number of aromatic hydroxyl groups is 1. The van der Waals surface area contributed by atoms with Crippen LogP contribution in [0.5, 0.6) is 5.75 Å². The number of benzene rings is 2. The predicted molar refractivity (Wildman–Crippen MR) is 149 cm³/mol. The molecule has 0 spiro atoms. The summed E-state index contributed by atoms with van der Waals surface area (Å²) < 4.78 is 0. The van der Waals surface area contributed by atoms with E-state index in [0.717, 1.165) is 53.7 Å². The number of anilines is 2. The molecule has 0 aliphatic carbocycles. The number of phenols is 1. The van der Waals surface area contributed by atoms with E-state index in [9.17, 15) is 5.11 Å². The maximum Gasteiger partial charge on any atom is 0.229 e. The Balaban J connectivity index is 1.39. The minimum absolute atomic E-state index is 0.183. The average molecular weight is 516 g/mol. The number of hydrogen-bond donors (Lipinski definition) is 2. The monoisotopic (exact) mass is 515 g/mol. The third kappa shape index (κ3) is 3.95. The van der Waals surface area contributed by atoms with Crippen LogP contribution in [-0.2, 0) is 0 Å². The second-order valence-electron chi connectivity index (χ2n) is 10.8. The van der Waals surface area contributed by atoms with Crippen molar-refractivity contribution in [2.45, 2.75) is 31.0 Å². The number of nitrogens with zero attached hydrogens (tertiary/aromatic N) is 6. The third-order valence-electron chi connectivity index (χ3n) is 8.10. The van der Waals surface area contributed by atoms with E-state index in [0.29, 0.717) is 40.4 Å². The zero-order valence-electron chi connectivity index (χ0n) is 21.0. The first-order valence-electron chi connectivity index (χ1n) is 13.0. The lowest BCUT2D eigenvalue weighted by atomic mass is 10.0. The maximum absolute atomic E-state index is 10.5. The number of fused-ring (bicyclic) bond motifs is 4. The highest BCUT2D eigenvalue weighted by atomic mass is 35.5. The lowest BCUT2D eigenvalue weighted by Gasteiger charge is -2.43. The fourth-order valence-corrected chi connectivity index (χ4v) is 6.23. The number of likely N-dealkylation sites (N-methyl/N-ethyl adjacent to an activating group) is 1. The van der Waals surface area contributed by atoms with Crippen molar-refractivity contribution in [2.75, 3.05) is 50.1 Å². The maximum atomic E-state index is 10.5. The van der Waals surface area contributed by atoms with Gasteiger partial charge in [0.1, 0.15) is 11.6 Å². The number of pyridine rings is 1. The Morgan fingerprint density at radius 3 is 2.43 bits per heavy atom. The first kappa shape index (κ1) is 23.0. The van der Waals surface area contributed by atoms with E-state index in [2.05, 4.69) is 34.1 Å². The van der Waals surface area contributed by atoms with Crippen LogP contribution in [0, 0.1) is 0 Å². The number of phenolic OH excluding ortho intramolecular Hbond substituents is 1. The van der Waals surface area contributed by atoms with Crippen LogP contribution in [0.25, 0.3) is 33.1 Å². The lowest BCUT2D eigenvalue weighted by molar-refractivity contribution is 0.245. The normalized spacial score (nSPS) is 21.8. The van der Waals surface area contributed by atoms with E-state index in [1.54, 1.807) is 12.1 Å². The first-order valence-corrected chi connectivity index (χ1v) is 13.3. The van der Waals surface area contributed by atoms with Gasteiger partial charge in [-0.25, -0.2) is 4.98 Å². The molecule has 9 heteroatoms. The van der Waals surface area contributed by atoms with Gasteiger partial charge in [0.2, 0.25) is 5.95 Å². The van der Waals surface area contributed by atoms with Gasteiger partial charge in [0.05, 0.1) is 16.1 Å². The van der Waals surface area contributed by atoms with Crippen LogP contribution < -0.4 is 15.1 Å². The lowest BCUT2D eigenvalue weighted by Crippen LogP contribution is -2.58. The summed E-state index contributed by atoms with van der Waals surface area (Å²) in [4.78, 5) is 21.9. The summed E-state index contributed by atoms with van der Waals surface area (Å²) >= 11 is 6.92. The highest BCUT2D eigenvalue weighted by molar-refractivity contribution is 6.34. The summed E-state index contributed by atoms with van der Waals surface area (Å²) in [6.07, 6.45) is 2.39. The molecule has 3 saturated heterocycles. The van der Waals surface area contributed by atoms with Crippen LogP contribution in [0.3, 0.4) is 0 Å². The Kier molecular flexibility index (Phi) is 5.39. The fraction of sp³-hybridized carbons (Fsp3) is 0.393. The zero-order valence-corrected chi connectivity index (χ0v) is 21.8. The van der Waals surface area contributed by atoms with E-state index < -0.39 is 0 Å². The minimum Gasteiger partial charge on any atom is -0.508 e. The van der Waals surface area contributed by atoms with Crippen molar-refractivity contribution in [3.63, 3.8) is 0 Å². The molecule has 2 atom stereocenters. The Bertz CT molecular complexity index is 1510. The quantitative estimate of drug-likeness (QED) is 0.423. The van der Waals surface area contributed by atoms with Gasteiger partial charge in [-0.3, -0.25) is 0 Å². The standard InChI is InChI=1S/C28H30ClN7O/c1-34(2)19-14-36(15-19)28-32-26-23(27(33-28)35-12-17-7-8-18(13-35)30-17)11-24(29)25(31-26)22-10-20(37)9-16-5-3-4-6-21(16)22/h3-6,9-11,17-19,30,37H,7-8,12-15H2,1-2H3. The highest BCUT2D eigenvalue weighted by Gasteiger charge is 2.35. The van der Waals surface area contributed by atoms with Crippen molar-refractivity contribution in [3.8, 4) is 17.0 Å². The molecule has 2 N–H and O–H groups in total. The van der Waals surface area contributed by atoms with Crippen molar-refractivity contribution in [1.29, 1.82) is 0 Å². The van der Waals surface area contributed by atoms with E-state index in [1.807, 2.05) is 30.3 Å². The summed E-state index contributed by atoms with van der Waals surface area (Å²) in [7, 11) is 4.22. The summed E-state index contributed by atoms with van der Waals surface area (Å²) in [5, 5.41) is 17.5. The SMILES string of the molecule is CN(C)C1CN(c2nc(N3CC4CCC(C3)N4)c3cc(Cl)c(-c4cc(O)cc5ccccc45)nc3n2)C1. The van der Waals surface area contributed by atoms with Crippen molar-refractivity contribution in [3.05, 3.63) is 47.5 Å². The molecule has 0 radical (unpaired) electrons. The van der Waals surface area contributed by atoms with Crippen LogP contribution >= 0.6 is 11.6 Å². The third-order valence-corrected chi connectivity index (χ3v) is 8.39. The molecule has 2 bridgehead atoms. The number of halogens is 1. The molecule has 0 amide bonds. The fourth-order valence-electron chi connectivity index (χ4n) is 5.98. The van der Waals surface area contributed by atoms with Crippen LogP contribution in [0.4, 0.5) is 11.8 Å². The number of nitrogens with one attached hydrogen (secondary N) is 1. The molecule has 4 aromatic rings. The van der Waals surface area contributed by atoms with Gasteiger partial charge in [0, 0.05) is 49.9 Å². The van der Waals surface area contributed by atoms with Crippen LogP contribution in [0.1, 0.15) is 12.8 Å². The molecule has 8 nitrogen and oxygen atoms in total. The molecule has 3 aliphatic heterocycles. The summed E-state index contributed by atoms with van der Waals surface area (Å²) in [5.41, 5.74) is 2.04. The summed E-state index contributed by atoms with van der Waals surface area (Å²) in [6.45, 7) is 3.61. The molecule has 2 unspecified atom stereocenters. The van der Waals surface area contributed by atoms with Gasteiger partial charge >= 0.3 is 0 Å². The van der Waals surface area contributed by atoms with Gasteiger partial charge in [-0.05, 0) is 55.9 Å². The largest absolute Gasteiger partial charge is 0.508 e. The van der Waals surface area contributed by atoms with Gasteiger partial charge in [-0.15, -0.1) is 0 Å². The molecule has 3 fully saturated rings. The Morgan fingerprint density at radius 1 is 0.919 bits per heavy atom. The first-order chi connectivity index (χ1) is 17.9. The molecule has 37 heavy (non-hydrogen) atoms. The molecule has 0 saturated carbocycles. The van der Waals surface area contributed by atoms with Crippen molar-refractivity contribution < 1.29 is 5.11 Å². The zero-order chi connectivity index (χ0) is 25.3. The Labute approximate surface area is 220 Å². The molecule has 7 rings (SSSR count). The number of piperazine rings is 1. The molecule has 3 aliphatic rings. The van der Waals surface area contributed by atoms with E-state index in [1.165, 1.54) is 12.8 Å². The molecular formula is C28H30ClN7O. The number of hydrogen-bond acceptors (Lipinski definition) is 8. The van der Waals surface area contributed by atoms with Crippen molar-refractivity contribution in [2.24, 2.45) is 0 Å². The smallest absolute Gasteiger partial charge is 0.229 e. The van der Waals surface area contributed by atoms with Crippen LogP contribution in [0.15, 0.2) is 42.5 Å². The molecule has 2 aromatic heterocycles. The number of aromatic nitrogens is 3. The summed E-state index contributed by atoms with van der Waals surface area (Å²) in [6, 6.07) is 14.9. The summed E-state index contributed by atoms with van der Waals surface area (Å²) in [5.74, 6) is 1.81. The van der Waals surface area contributed by atoms with E-state index in [4.69, 9.17) is 26.6 Å². The second-order valence-corrected chi connectivity index (χ2v) is 11.2. The van der Waals surface area contributed by atoms with Gasteiger partial charge in [0.15, 0.2) is 5.65 Å². The molecule has 2 aromatic carbocycles. The van der Waals surface area contributed by atoms with Gasteiger partial charge in [-0.1, -0.05) is 35.9 Å².